The number of fused-ring (bicyclic) bond motifs is 1. The lowest BCUT2D eigenvalue weighted by molar-refractivity contribution is -0.140. The fourth-order valence-electron chi connectivity index (χ4n) is 7.78. The van der Waals surface area contributed by atoms with Gasteiger partial charge in [0.2, 0.25) is 5.91 Å². The fraction of sp³-hybridized carbons (Fsp3) is 0.868. The Morgan fingerprint density at radius 2 is 1.76 bits per heavy atom. The molecule has 2 saturated heterocycles. The molecule has 0 aromatic rings. The van der Waals surface area contributed by atoms with Crippen LogP contribution in [0.4, 0.5) is 0 Å². The number of hydrogen-bond donors (Lipinski definition) is 6. The zero-order chi connectivity index (χ0) is 36.9. The molecule has 2 fully saturated rings. The highest BCUT2D eigenvalue weighted by molar-refractivity contribution is 6.21. The van der Waals surface area contributed by atoms with Gasteiger partial charge in [-0.05, 0) is 88.8 Å². The Labute approximate surface area is 310 Å². The number of unbranched alkanes of at least 4 members (excludes halogenated alkanes) is 2. The van der Waals surface area contributed by atoms with E-state index in [1.165, 1.54) is 0 Å². The van der Waals surface area contributed by atoms with Crippen LogP contribution >= 0.6 is 11.6 Å². The zero-order valence-corrected chi connectivity index (χ0v) is 32.1. The predicted octanol–water partition coefficient (Wildman–Crippen LogP) is 3.42. The molecule has 2 aliphatic carbocycles. The first kappa shape index (κ1) is 42.4. The van der Waals surface area contributed by atoms with Gasteiger partial charge in [-0.1, -0.05) is 52.7 Å². The summed E-state index contributed by atoms with van der Waals surface area (Å²) in [5.74, 6) is 1.06. The minimum absolute atomic E-state index is 0.0211. The Balaban J connectivity index is 1.48. The van der Waals surface area contributed by atoms with Gasteiger partial charge < -0.3 is 39.5 Å². The molecule has 2 aliphatic heterocycles. The third kappa shape index (κ3) is 13.5. The smallest absolute Gasteiger partial charge is 0.240 e. The van der Waals surface area contributed by atoms with E-state index in [0.29, 0.717) is 32.4 Å². The van der Waals surface area contributed by atoms with Gasteiger partial charge in [0, 0.05) is 19.0 Å². The van der Waals surface area contributed by atoms with Crippen LogP contribution in [-0.4, -0.2) is 130 Å². The van der Waals surface area contributed by atoms with Crippen LogP contribution in [0.2, 0.25) is 0 Å². The van der Waals surface area contributed by atoms with E-state index < -0.39 is 36.9 Å². The molecule has 294 valence electrons. The van der Waals surface area contributed by atoms with Crippen molar-refractivity contribution in [3.8, 4) is 0 Å². The standard InChI is InChI=1S/C38H67ClN4O8/c1-5-7-15-42(16-8-6-2)22-35(44)40-30(17-25(3)4)37(46)43-21-29(49-23-27-11-14-33-34(19-27)51-24-50-33)20-32(43)36(45)41-31(38(47)48)18-26-9-12-28(39)13-10-26/h9,12,19,25-33,35-36,38,40-41,44-45,47-48H,5-8,10-11,13-18,20-24H2,1-4H3/t26?,27?,28?,29-,30?,31?,32+,33?,35?,36?/m1/s1. The van der Waals surface area contributed by atoms with Gasteiger partial charge in [-0.2, -0.15) is 0 Å². The van der Waals surface area contributed by atoms with E-state index in [1.54, 1.807) is 4.90 Å². The van der Waals surface area contributed by atoms with Crippen molar-refractivity contribution in [1.82, 2.24) is 20.4 Å². The van der Waals surface area contributed by atoms with Crippen LogP contribution in [0.5, 0.6) is 0 Å². The third-order valence-electron chi connectivity index (χ3n) is 10.7. The van der Waals surface area contributed by atoms with Gasteiger partial charge in [-0.3, -0.25) is 20.3 Å². The first-order valence-electron chi connectivity index (χ1n) is 19.6. The van der Waals surface area contributed by atoms with Gasteiger partial charge in [0.15, 0.2) is 13.1 Å². The molecule has 2 heterocycles. The number of alkyl halides is 1. The van der Waals surface area contributed by atoms with E-state index in [0.717, 1.165) is 70.2 Å². The normalized spacial score (nSPS) is 28.9. The maximum absolute atomic E-state index is 14.5. The predicted molar refractivity (Wildman–Crippen MR) is 197 cm³/mol. The van der Waals surface area contributed by atoms with Gasteiger partial charge in [-0.15, -0.1) is 11.6 Å². The van der Waals surface area contributed by atoms with Gasteiger partial charge >= 0.3 is 0 Å². The number of allylic oxidation sites excluding steroid dienone is 2. The monoisotopic (exact) mass is 742 g/mol. The quantitative estimate of drug-likeness (QED) is 0.0549. The van der Waals surface area contributed by atoms with Gasteiger partial charge in [0.1, 0.15) is 24.3 Å². The van der Waals surface area contributed by atoms with Crippen LogP contribution < -0.4 is 10.6 Å². The largest absolute Gasteiger partial charge is 0.469 e. The Bertz CT molecular complexity index is 1090. The van der Waals surface area contributed by atoms with Gasteiger partial charge in [-0.25, -0.2) is 0 Å². The first-order valence-corrected chi connectivity index (χ1v) is 20.1. The summed E-state index contributed by atoms with van der Waals surface area (Å²) >= 11 is 6.23. The molecule has 4 rings (SSSR count). The van der Waals surface area contributed by atoms with E-state index in [-0.39, 0.29) is 54.6 Å². The maximum atomic E-state index is 14.5. The number of halogens is 1. The number of carbonyl (C=O) groups excluding carboxylic acids is 1. The summed E-state index contributed by atoms with van der Waals surface area (Å²) in [6.45, 7) is 11.6. The SMILES string of the molecule is CCCCN(CCCC)CC(O)NC(CC(C)C)C(=O)N1C[C@H](OCC2C=C3OCOC3CC2)C[C@H]1C(O)NC(CC1C=CC(Cl)CC1)C(O)O. The van der Waals surface area contributed by atoms with Crippen molar-refractivity contribution >= 4 is 17.5 Å². The topological polar surface area (TPSA) is 156 Å². The Morgan fingerprint density at radius 3 is 2.41 bits per heavy atom. The molecule has 0 radical (unpaired) electrons. The number of hydrogen-bond acceptors (Lipinski definition) is 11. The summed E-state index contributed by atoms with van der Waals surface area (Å²) in [4.78, 5) is 18.4. The molecule has 12 nitrogen and oxygen atoms in total. The zero-order valence-electron chi connectivity index (χ0n) is 31.4. The number of ether oxygens (including phenoxy) is 3. The highest BCUT2D eigenvalue weighted by atomic mass is 35.5. The fourth-order valence-corrected chi connectivity index (χ4v) is 7.99. The molecule has 13 heteroatoms. The lowest BCUT2D eigenvalue weighted by Crippen LogP contribution is -2.59. The average Bonchev–Trinajstić information content (AvgIpc) is 3.75. The maximum Gasteiger partial charge on any atom is 0.240 e. The molecule has 0 bridgehead atoms. The Kier molecular flexibility index (Phi) is 17.9. The molecular weight excluding hydrogens is 676 g/mol. The summed E-state index contributed by atoms with van der Waals surface area (Å²) in [6, 6.07) is -2.18. The summed E-state index contributed by atoms with van der Waals surface area (Å²) < 4.78 is 17.7. The molecule has 51 heavy (non-hydrogen) atoms. The number of carbonyl (C=O) groups is 1. The minimum Gasteiger partial charge on any atom is -0.469 e. The van der Waals surface area contributed by atoms with Crippen molar-refractivity contribution in [3.05, 3.63) is 24.0 Å². The Hall–Kier alpha value is -1.32. The number of nitrogens with one attached hydrogen (secondary N) is 2. The molecule has 0 saturated carbocycles. The minimum atomic E-state index is -1.71. The van der Waals surface area contributed by atoms with Crippen molar-refractivity contribution < 1.29 is 39.4 Å². The molecule has 1 amide bonds. The van der Waals surface area contributed by atoms with E-state index in [9.17, 15) is 25.2 Å². The van der Waals surface area contributed by atoms with Crippen LogP contribution in [0.1, 0.15) is 98.3 Å². The van der Waals surface area contributed by atoms with E-state index in [2.05, 4.69) is 49.3 Å². The second-order valence-electron chi connectivity index (χ2n) is 15.6. The number of aliphatic hydroxyl groups excluding tert-OH is 3. The van der Waals surface area contributed by atoms with Gasteiger partial charge in [0.25, 0.3) is 0 Å². The molecule has 6 N–H and O–H groups in total. The van der Waals surface area contributed by atoms with E-state index in [4.69, 9.17) is 25.8 Å². The Morgan fingerprint density at radius 1 is 1.04 bits per heavy atom. The van der Waals surface area contributed by atoms with Crippen LogP contribution in [0.15, 0.2) is 24.0 Å². The van der Waals surface area contributed by atoms with Crippen molar-refractivity contribution in [3.63, 3.8) is 0 Å². The average molecular weight is 743 g/mol. The highest BCUT2D eigenvalue weighted by Gasteiger charge is 2.44. The van der Waals surface area contributed by atoms with Crippen molar-refractivity contribution in [1.29, 1.82) is 0 Å². The van der Waals surface area contributed by atoms with Crippen LogP contribution in [0, 0.1) is 17.8 Å². The first-order chi connectivity index (χ1) is 24.5. The number of nitrogens with zero attached hydrogens (tertiary/aromatic N) is 2. The summed E-state index contributed by atoms with van der Waals surface area (Å²) in [7, 11) is 0. The third-order valence-corrected chi connectivity index (χ3v) is 11.1. The van der Waals surface area contributed by atoms with Crippen LogP contribution in [-0.2, 0) is 19.0 Å². The van der Waals surface area contributed by atoms with Crippen molar-refractivity contribution in [2.75, 3.05) is 39.6 Å². The van der Waals surface area contributed by atoms with Crippen molar-refractivity contribution in [2.45, 2.75) is 153 Å². The molecular formula is C38H67ClN4O8. The molecule has 8 unspecified atom stereocenters. The van der Waals surface area contributed by atoms with E-state index in [1.807, 2.05) is 12.2 Å². The number of aliphatic hydroxyl groups is 4. The summed E-state index contributed by atoms with van der Waals surface area (Å²) in [6.07, 6.45) is 10.7. The van der Waals surface area contributed by atoms with E-state index >= 15 is 0 Å². The number of amides is 1. The molecule has 0 spiro atoms. The van der Waals surface area contributed by atoms with Crippen molar-refractivity contribution in [2.24, 2.45) is 17.8 Å². The second kappa shape index (κ2) is 21.5. The highest BCUT2D eigenvalue weighted by Crippen LogP contribution is 2.32. The number of rotatable bonds is 22. The lowest BCUT2D eigenvalue weighted by atomic mass is 9.89. The van der Waals surface area contributed by atoms with Gasteiger partial charge in [0.05, 0.1) is 36.2 Å². The van der Waals surface area contributed by atoms with Crippen LogP contribution in [0.3, 0.4) is 0 Å². The molecule has 10 atom stereocenters. The summed E-state index contributed by atoms with van der Waals surface area (Å²) in [5, 5.41) is 49.9. The second-order valence-corrected chi connectivity index (χ2v) is 16.1. The van der Waals surface area contributed by atoms with Crippen LogP contribution in [0.25, 0.3) is 0 Å². The summed E-state index contributed by atoms with van der Waals surface area (Å²) in [5.41, 5.74) is 0. The molecule has 0 aromatic heterocycles. The molecule has 4 aliphatic rings. The number of likely N-dealkylation sites (tertiary alicyclic amines) is 1. The molecule has 0 aromatic carbocycles. The lowest BCUT2D eigenvalue weighted by Gasteiger charge is -2.36.